The molecule has 0 radical (unpaired) electrons. The Kier molecular flexibility index (Phi) is 5.44. The summed E-state index contributed by atoms with van der Waals surface area (Å²) in [6.45, 7) is 1.98. The van der Waals surface area contributed by atoms with Crippen molar-refractivity contribution < 1.29 is 0 Å². The first-order valence-corrected chi connectivity index (χ1v) is 10.6. The Balaban J connectivity index is 1.66. The van der Waals surface area contributed by atoms with E-state index in [4.69, 9.17) is 0 Å². The van der Waals surface area contributed by atoms with Crippen LogP contribution < -0.4 is 5.56 Å². The highest BCUT2D eigenvalue weighted by Crippen LogP contribution is 2.33. The largest absolute Gasteiger partial charge is 0.303 e. The van der Waals surface area contributed by atoms with Gasteiger partial charge in [-0.05, 0) is 31.9 Å². The van der Waals surface area contributed by atoms with Gasteiger partial charge in [-0.25, -0.2) is 4.98 Å². The zero-order valence-corrected chi connectivity index (χ0v) is 16.7. The number of fused-ring (bicyclic) bond motifs is 1. The maximum atomic E-state index is 12.8. The molecule has 1 saturated carbocycles. The number of hydrogen-bond donors (Lipinski definition) is 0. The highest BCUT2D eigenvalue weighted by atomic mass is 32.2. The number of para-hydroxylation sites is 1. The summed E-state index contributed by atoms with van der Waals surface area (Å²) >= 11 is 1.53. The summed E-state index contributed by atoms with van der Waals surface area (Å²) in [6.07, 6.45) is 6.07. The minimum Gasteiger partial charge on any atom is -0.303 e. The van der Waals surface area contributed by atoms with Crippen molar-refractivity contribution in [3.05, 3.63) is 46.3 Å². The highest BCUT2D eigenvalue weighted by molar-refractivity contribution is 7.98. The van der Waals surface area contributed by atoms with Crippen molar-refractivity contribution in [1.82, 2.24) is 24.3 Å². The van der Waals surface area contributed by atoms with Gasteiger partial charge in [0.15, 0.2) is 5.16 Å². The van der Waals surface area contributed by atoms with Crippen molar-refractivity contribution in [3.63, 3.8) is 0 Å². The maximum absolute atomic E-state index is 12.8. The third kappa shape index (κ3) is 3.54. The molecule has 4 rings (SSSR count). The van der Waals surface area contributed by atoms with Gasteiger partial charge in [0.25, 0.3) is 5.56 Å². The second-order valence-electron chi connectivity index (χ2n) is 7.07. The quantitative estimate of drug-likeness (QED) is 0.614. The average molecular weight is 395 g/mol. The van der Waals surface area contributed by atoms with Gasteiger partial charge in [-0.15, -0.1) is 10.2 Å². The molecular formula is C20H22N6OS. The van der Waals surface area contributed by atoms with Crippen LogP contribution in [0.4, 0.5) is 0 Å². The number of benzene rings is 1. The molecule has 7 nitrogen and oxygen atoms in total. The lowest BCUT2D eigenvalue weighted by Crippen LogP contribution is -2.24. The van der Waals surface area contributed by atoms with Crippen LogP contribution in [0.1, 0.15) is 49.8 Å². The predicted molar refractivity (Wildman–Crippen MR) is 108 cm³/mol. The monoisotopic (exact) mass is 394 g/mol. The summed E-state index contributed by atoms with van der Waals surface area (Å²) in [5.41, 5.74) is 0.481. The molecule has 0 saturated heterocycles. The molecule has 0 aliphatic heterocycles. The Hall–Kier alpha value is -2.66. The van der Waals surface area contributed by atoms with Crippen LogP contribution in [0.25, 0.3) is 10.9 Å². The third-order valence-electron chi connectivity index (χ3n) is 5.27. The van der Waals surface area contributed by atoms with E-state index in [9.17, 15) is 10.1 Å². The molecule has 1 aromatic carbocycles. The number of thioether (sulfide) groups is 1. The molecular weight excluding hydrogens is 372 g/mol. The number of aromatic nitrogens is 5. The first-order valence-electron chi connectivity index (χ1n) is 9.58. The van der Waals surface area contributed by atoms with Crippen LogP contribution in [0.15, 0.2) is 34.2 Å². The van der Waals surface area contributed by atoms with Crippen molar-refractivity contribution in [2.75, 3.05) is 0 Å². The third-order valence-corrected chi connectivity index (χ3v) is 6.21. The Morgan fingerprint density at radius 3 is 2.79 bits per heavy atom. The van der Waals surface area contributed by atoms with E-state index >= 15 is 0 Å². The summed E-state index contributed by atoms with van der Waals surface area (Å²) < 4.78 is 3.70. The first-order chi connectivity index (χ1) is 13.7. The van der Waals surface area contributed by atoms with Gasteiger partial charge in [0, 0.05) is 6.04 Å². The lowest BCUT2D eigenvalue weighted by molar-refractivity contribution is 0.332. The van der Waals surface area contributed by atoms with Crippen LogP contribution >= 0.6 is 11.8 Å². The summed E-state index contributed by atoms with van der Waals surface area (Å²) in [5.74, 6) is 1.98. The molecule has 1 fully saturated rings. The molecule has 3 aromatic rings. The van der Waals surface area contributed by atoms with E-state index in [0.29, 0.717) is 28.5 Å². The predicted octanol–water partition coefficient (Wildman–Crippen LogP) is 3.62. The van der Waals surface area contributed by atoms with Gasteiger partial charge in [0.2, 0.25) is 0 Å². The fourth-order valence-corrected chi connectivity index (χ4v) is 4.89. The Bertz CT molecular complexity index is 1090. The number of nitriles is 1. The zero-order valence-electron chi connectivity index (χ0n) is 15.8. The summed E-state index contributed by atoms with van der Waals surface area (Å²) in [4.78, 5) is 17.5. The van der Waals surface area contributed by atoms with Crippen LogP contribution in [0.3, 0.4) is 0 Å². The number of rotatable bonds is 5. The minimum absolute atomic E-state index is 0.0130. The van der Waals surface area contributed by atoms with E-state index in [-0.39, 0.29) is 12.1 Å². The van der Waals surface area contributed by atoms with Crippen molar-refractivity contribution in [2.45, 2.75) is 62.5 Å². The molecule has 0 spiro atoms. The van der Waals surface area contributed by atoms with Crippen LogP contribution in [-0.4, -0.2) is 24.3 Å². The van der Waals surface area contributed by atoms with Crippen LogP contribution in [0.5, 0.6) is 0 Å². The normalized spacial score (nSPS) is 15.0. The summed E-state index contributed by atoms with van der Waals surface area (Å²) in [6, 6.07) is 9.77. The second-order valence-corrected chi connectivity index (χ2v) is 8.02. The highest BCUT2D eigenvalue weighted by Gasteiger charge is 2.22. The number of hydrogen-bond acceptors (Lipinski definition) is 6. The molecule has 28 heavy (non-hydrogen) atoms. The molecule has 1 aliphatic rings. The SMILES string of the molecule is Cc1nnc(SCc2nc3ccccc3c(=O)n2CC#N)n1C1CCCCC1. The van der Waals surface area contributed by atoms with Gasteiger partial charge in [-0.3, -0.25) is 9.36 Å². The Morgan fingerprint density at radius 2 is 2.00 bits per heavy atom. The molecule has 1 aliphatic carbocycles. The molecule has 2 aromatic heterocycles. The topological polar surface area (TPSA) is 89.4 Å². The molecule has 0 amide bonds. The number of aryl methyl sites for hydroxylation is 1. The van der Waals surface area contributed by atoms with Crippen molar-refractivity contribution in [3.8, 4) is 6.07 Å². The van der Waals surface area contributed by atoms with Crippen molar-refractivity contribution in [1.29, 1.82) is 5.26 Å². The van der Waals surface area contributed by atoms with Gasteiger partial charge >= 0.3 is 0 Å². The fourth-order valence-electron chi connectivity index (χ4n) is 3.90. The van der Waals surface area contributed by atoms with Gasteiger partial charge in [-0.2, -0.15) is 5.26 Å². The van der Waals surface area contributed by atoms with Gasteiger partial charge in [0.1, 0.15) is 18.2 Å². The summed E-state index contributed by atoms with van der Waals surface area (Å²) in [5, 5.41) is 19.2. The lowest BCUT2D eigenvalue weighted by Gasteiger charge is -2.25. The van der Waals surface area contributed by atoms with E-state index in [1.54, 1.807) is 6.07 Å². The lowest BCUT2D eigenvalue weighted by atomic mass is 9.95. The molecule has 0 bridgehead atoms. The molecule has 144 valence electrons. The van der Waals surface area contributed by atoms with Crippen LogP contribution in [0.2, 0.25) is 0 Å². The Labute approximate surface area is 167 Å². The van der Waals surface area contributed by atoms with Crippen molar-refractivity contribution >= 4 is 22.7 Å². The average Bonchev–Trinajstić information content (AvgIpc) is 3.10. The molecule has 8 heteroatoms. The van der Waals surface area contributed by atoms with Gasteiger partial charge < -0.3 is 4.57 Å². The maximum Gasteiger partial charge on any atom is 0.262 e. The van der Waals surface area contributed by atoms with E-state index in [0.717, 1.165) is 23.8 Å². The van der Waals surface area contributed by atoms with Gasteiger partial charge in [0.05, 0.1) is 22.7 Å². The van der Waals surface area contributed by atoms with E-state index in [1.165, 1.54) is 35.6 Å². The molecule has 2 heterocycles. The zero-order chi connectivity index (χ0) is 19.5. The molecule has 0 unspecified atom stereocenters. The standard InChI is InChI=1S/C20H22N6OS/c1-14-23-24-20(26(14)15-7-3-2-4-8-15)28-13-18-22-17-10-6-5-9-16(17)19(27)25(18)12-11-21/h5-6,9-10,15H,2-4,7-8,12-13H2,1H3. The Morgan fingerprint density at radius 1 is 1.21 bits per heavy atom. The summed E-state index contributed by atoms with van der Waals surface area (Å²) in [7, 11) is 0. The fraction of sp³-hybridized carbons (Fsp3) is 0.450. The van der Waals surface area contributed by atoms with Crippen LogP contribution in [0, 0.1) is 18.3 Å². The molecule has 0 atom stereocenters. The van der Waals surface area contributed by atoms with E-state index < -0.39 is 0 Å². The molecule has 0 N–H and O–H groups in total. The van der Waals surface area contributed by atoms with Gasteiger partial charge in [-0.1, -0.05) is 43.2 Å². The smallest absolute Gasteiger partial charge is 0.262 e. The minimum atomic E-state index is -0.173. The second kappa shape index (κ2) is 8.15. The van der Waals surface area contributed by atoms with Crippen molar-refractivity contribution in [2.24, 2.45) is 0 Å². The first kappa shape index (κ1) is 18.7. The van der Waals surface area contributed by atoms with E-state index in [1.807, 2.05) is 25.1 Å². The van der Waals surface area contributed by atoms with Crippen LogP contribution in [-0.2, 0) is 12.3 Å². The number of nitrogens with zero attached hydrogens (tertiary/aromatic N) is 6. The van der Waals surface area contributed by atoms with E-state index in [2.05, 4.69) is 25.8 Å².